The van der Waals surface area contributed by atoms with Crippen molar-refractivity contribution in [1.29, 1.82) is 0 Å². The van der Waals surface area contributed by atoms with E-state index in [-0.39, 0.29) is 11.9 Å². The van der Waals surface area contributed by atoms with Gasteiger partial charge in [-0.05, 0) is 24.9 Å². The van der Waals surface area contributed by atoms with Crippen LogP contribution < -0.4 is 15.4 Å². The molecule has 1 unspecified atom stereocenters. The molecule has 0 bridgehead atoms. The zero-order valence-electron chi connectivity index (χ0n) is 11.8. The monoisotopic (exact) mass is 262 g/mol. The van der Waals surface area contributed by atoms with Crippen LogP contribution in [-0.2, 0) is 4.79 Å². The molecule has 1 atom stereocenters. The molecular weight excluding hydrogens is 240 g/mol. The summed E-state index contributed by atoms with van der Waals surface area (Å²) >= 11 is 0. The minimum absolute atomic E-state index is 0.0180. The molecule has 0 saturated carbocycles. The molecule has 0 aliphatic carbocycles. The Morgan fingerprint density at radius 1 is 1.42 bits per heavy atom. The molecule has 104 valence electrons. The maximum absolute atomic E-state index is 11.9. The number of carbonyl (C=O) groups is 1. The van der Waals surface area contributed by atoms with Crippen LogP contribution in [0.1, 0.15) is 38.8 Å². The molecule has 1 heterocycles. The number of rotatable bonds is 6. The summed E-state index contributed by atoms with van der Waals surface area (Å²) in [5.74, 6) is 1.31. The molecular formula is C15H22N2O2. The third kappa shape index (κ3) is 3.26. The number of nitrogens with one attached hydrogen (secondary N) is 2. The summed E-state index contributed by atoms with van der Waals surface area (Å²) in [4.78, 5) is 11.9. The highest BCUT2D eigenvalue weighted by Gasteiger charge is 2.29. The molecule has 1 aliphatic heterocycles. The quantitative estimate of drug-likeness (QED) is 0.828. The molecule has 1 amide bonds. The van der Waals surface area contributed by atoms with Crippen molar-refractivity contribution >= 4 is 11.6 Å². The fraction of sp³-hybridized carbons (Fsp3) is 0.533. The summed E-state index contributed by atoms with van der Waals surface area (Å²) in [5.41, 5.74) is 1.87. The van der Waals surface area contributed by atoms with Crippen LogP contribution in [0.3, 0.4) is 0 Å². The Bertz CT molecular complexity index is 457. The van der Waals surface area contributed by atoms with E-state index in [1.807, 2.05) is 18.2 Å². The standard InChI is InChI=1S/C15H22N2O2/c1-4-7-16-14-12-6-5-11(19-9-10(2)3)8-13(12)17-15(14)18/h5-6,8,10,14,16H,4,7,9H2,1-3H3,(H,17,18). The molecule has 2 rings (SSSR count). The van der Waals surface area contributed by atoms with Gasteiger partial charge in [-0.2, -0.15) is 0 Å². The number of benzene rings is 1. The van der Waals surface area contributed by atoms with Crippen molar-refractivity contribution < 1.29 is 9.53 Å². The van der Waals surface area contributed by atoms with Crippen molar-refractivity contribution in [3.05, 3.63) is 23.8 Å². The first kappa shape index (κ1) is 13.9. The van der Waals surface area contributed by atoms with Gasteiger partial charge in [0.1, 0.15) is 11.8 Å². The highest BCUT2D eigenvalue weighted by molar-refractivity contribution is 6.02. The number of ether oxygens (including phenoxy) is 1. The zero-order chi connectivity index (χ0) is 13.8. The summed E-state index contributed by atoms with van der Waals surface area (Å²) in [6, 6.07) is 5.58. The predicted octanol–water partition coefficient (Wildman–Crippen LogP) is 2.71. The maximum Gasteiger partial charge on any atom is 0.246 e. The Hall–Kier alpha value is -1.55. The lowest BCUT2D eigenvalue weighted by atomic mass is 10.1. The number of fused-ring (bicyclic) bond motifs is 1. The van der Waals surface area contributed by atoms with Crippen molar-refractivity contribution in [2.24, 2.45) is 5.92 Å². The topological polar surface area (TPSA) is 50.4 Å². The van der Waals surface area contributed by atoms with Gasteiger partial charge in [-0.25, -0.2) is 0 Å². The van der Waals surface area contributed by atoms with Gasteiger partial charge in [0.05, 0.1) is 6.61 Å². The second kappa shape index (κ2) is 6.06. The first-order valence-electron chi connectivity index (χ1n) is 6.92. The largest absolute Gasteiger partial charge is 0.493 e. The fourth-order valence-electron chi connectivity index (χ4n) is 2.09. The third-order valence-electron chi connectivity index (χ3n) is 3.04. The van der Waals surface area contributed by atoms with Crippen LogP contribution in [0.4, 0.5) is 5.69 Å². The molecule has 0 radical (unpaired) electrons. The Morgan fingerprint density at radius 3 is 2.89 bits per heavy atom. The van der Waals surface area contributed by atoms with Crippen molar-refractivity contribution in [2.75, 3.05) is 18.5 Å². The Balaban J connectivity index is 2.10. The molecule has 4 nitrogen and oxygen atoms in total. The van der Waals surface area contributed by atoms with E-state index in [0.717, 1.165) is 30.0 Å². The minimum atomic E-state index is -0.228. The average molecular weight is 262 g/mol. The summed E-state index contributed by atoms with van der Waals surface area (Å²) in [5, 5.41) is 6.16. The highest BCUT2D eigenvalue weighted by atomic mass is 16.5. The molecule has 0 saturated heterocycles. The zero-order valence-corrected chi connectivity index (χ0v) is 11.8. The van der Waals surface area contributed by atoms with Crippen LogP contribution in [0.15, 0.2) is 18.2 Å². The first-order valence-corrected chi connectivity index (χ1v) is 6.92. The highest BCUT2D eigenvalue weighted by Crippen LogP contribution is 2.33. The number of anilines is 1. The smallest absolute Gasteiger partial charge is 0.246 e. The van der Waals surface area contributed by atoms with Crippen molar-refractivity contribution in [1.82, 2.24) is 5.32 Å². The van der Waals surface area contributed by atoms with Crippen LogP contribution in [-0.4, -0.2) is 19.1 Å². The van der Waals surface area contributed by atoms with E-state index in [0.29, 0.717) is 12.5 Å². The van der Waals surface area contributed by atoms with Gasteiger partial charge in [0, 0.05) is 17.3 Å². The maximum atomic E-state index is 11.9. The predicted molar refractivity (Wildman–Crippen MR) is 76.4 cm³/mol. The average Bonchev–Trinajstić information content (AvgIpc) is 2.68. The van der Waals surface area contributed by atoms with Crippen molar-refractivity contribution in [2.45, 2.75) is 33.2 Å². The van der Waals surface area contributed by atoms with Gasteiger partial charge < -0.3 is 15.4 Å². The van der Waals surface area contributed by atoms with Crippen LogP contribution in [0.5, 0.6) is 5.75 Å². The lowest BCUT2D eigenvalue weighted by molar-refractivity contribution is -0.117. The normalized spacial score (nSPS) is 17.5. The molecule has 4 heteroatoms. The third-order valence-corrected chi connectivity index (χ3v) is 3.04. The molecule has 1 aliphatic rings. The van der Waals surface area contributed by atoms with E-state index < -0.39 is 0 Å². The lowest BCUT2D eigenvalue weighted by Crippen LogP contribution is -2.27. The van der Waals surface area contributed by atoms with Gasteiger partial charge in [0.15, 0.2) is 0 Å². The Kier molecular flexibility index (Phi) is 4.43. The number of hydrogen-bond donors (Lipinski definition) is 2. The van der Waals surface area contributed by atoms with Crippen molar-refractivity contribution in [3.63, 3.8) is 0 Å². The van der Waals surface area contributed by atoms with Crippen molar-refractivity contribution in [3.8, 4) is 5.75 Å². The molecule has 19 heavy (non-hydrogen) atoms. The van der Waals surface area contributed by atoms with E-state index in [2.05, 4.69) is 31.4 Å². The molecule has 1 aromatic carbocycles. The Labute approximate surface area is 114 Å². The molecule has 2 N–H and O–H groups in total. The van der Waals surface area contributed by atoms with Crippen LogP contribution in [0, 0.1) is 5.92 Å². The number of amides is 1. The van der Waals surface area contributed by atoms with Crippen LogP contribution in [0.25, 0.3) is 0 Å². The van der Waals surface area contributed by atoms with Gasteiger partial charge in [0.25, 0.3) is 0 Å². The Morgan fingerprint density at radius 2 is 2.21 bits per heavy atom. The SMILES string of the molecule is CCCNC1C(=O)Nc2cc(OCC(C)C)ccc21. The molecule has 0 fully saturated rings. The number of hydrogen-bond acceptors (Lipinski definition) is 3. The second-order valence-corrected chi connectivity index (χ2v) is 5.33. The summed E-state index contributed by atoms with van der Waals surface area (Å²) < 4.78 is 5.67. The molecule has 0 spiro atoms. The summed E-state index contributed by atoms with van der Waals surface area (Å²) in [7, 11) is 0. The van der Waals surface area contributed by atoms with E-state index in [9.17, 15) is 4.79 Å². The van der Waals surface area contributed by atoms with Gasteiger partial charge >= 0.3 is 0 Å². The van der Waals surface area contributed by atoms with Crippen LogP contribution >= 0.6 is 0 Å². The second-order valence-electron chi connectivity index (χ2n) is 5.33. The van der Waals surface area contributed by atoms with Gasteiger partial charge in [0.2, 0.25) is 5.91 Å². The summed E-state index contributed by atoms with van der Waals surface area (Å²) in [6.45, 7) is 7.83. The minimum Gasteiger partial charge on any atom is -0.493 e. The van der Waals surface area contributed by atoms with Gasteiger partial charge in [-0.3, -0.25) is 4.79 Å². The number of carbonyl (C=O) groups excluding carboxylic acids is 1. The fourth-order valence-corrected chi connectivity index (χ4v) is 2.09. The van der Waals surface area contributed by atoms with Gasteiger partial charge in [-0.1, -0.05) is 26.8 Å². The van der Waals surface area contributed by atoms with E-state index >= 15 is 0 Å². The van der Waals surface area contributed by atoms with E-state index in [1.54, 1.807) is 0 Å². The van der Waals surface area contributed by atoms with E-state index in [4.69, 9.17) is 4.74 Å². The lowest BCUT2D eigenvalue weighted by Gasteiger charge is -2.12. The van der Waals surface area contributed by atoms with E-state index in [1.165, 1.54) is 0 Å². The van der Waals surface area contributed by atoms with Crippen LogP contribution in [0.2, 0.25) is 0 Å². The van der Waals surface area contributed by atoms with Gasteiger partial charge in [-0.15, -0.1) is 0 Å². The molecule has 1 aromatic rings. The first-order chi connectivity index (χ1) is 9.11. The molecule has 0 aromatic heterocycles. The summed E-state index contributed by atoms with van der Waals surface area (Å²) in [6.07, 6.45) is 1.01.